The van der Waals surface area contributed by atoms with Crippen molar-refractivity contribution >= 4 is 75.2 Å². The lowest BCUT2D eigenvalue weighted by Crippen LogP contribution is -2.73. The minimum atomic E-state index is -1.67. The van der Waals surface area contributed by atoms with E-state index in [-0.39, 0.29) is 33.3 Å². The summed E-state index contributed by atoms with van der Waals surface area (Å²) in [7, 11) is 0. The molecule has 2 aliphatic heterocycles. The van der Waals surface area contributed by atoms with Gasteiger partial charge in [0.05, 0.1) is 11.5 Å². The number of benzene rings is 2. The summed E-state index contributed by atoms with van der Waals surface area (Å²) in [6.07, 6.45) is -0.366. The molecule has 2 N–H and O–H groups in total. The molecule has 1 aromatic heterocycles. The van der Waals surface area contributed by atoms with E-state index in [0.717, 1.165) is 22.5 Å². The highest BCUT2D eigenvalue weighted by Gasteiger charge is 2.62. The van der Waals surface area contributed by atoms with Crippen LogP contribution in [0.5, 0.6) is 0 Å². The van der Waals surface area contributed by atoms with Crippen LogP contribution in [0.4, 0.5) is 9.93 Å². The third-order valence-corrected chi connectivity index (χ3v) is 11.3. The number of anilines is 1. The lowest BCUT2D eigenvalue weighted by Gasteiger charge is -2.58. The second-order valence-corrected chi connectivity index (χ2v) is 18.8. The number of hydrogen-bond acceptors (Lipinski definition) is 12. The van der Waals surface area contributed by atoms with Gasteiger partial charge in [-0.25, -0.2) is 19.4 Å². The largest absolute Gasteiger partial charge is 0.457 e. The Bertz CT molecular complexity index is 2120. The van der Waals surface area contributed by atoms with E-state index >= 15 is 0 Å². The molecule has 0 radical (unpaired) electrons. The van der Waals surface area contributed by atoms with Crippen LogP contribution in [0.2, 0.25) is 4.34 Å². The quantitative estimate of drug-likeness (QED) is 0.0400. The van der Waals surface area contributed by atoms with Crippen LogP contribution in [0, 0.1) is 5.41 Å². The number of halogens is 2. The van der Waals surface area contributed by atoms with Crippen LogP contribution in [0.15, 0.2) is 77.1 Å². The maximum absolute atomic E-state index is 14.4. The Hall–Kier alpha value is -4.99. The van der Waals surface area contributed by atoms with Crippen LogP contribution in [0.1, 0.15) is 105 Å². The average Bonchev–Trinajstić information content (AvgIpc) is 3.54. The first-order chi connectivity index (χ1) is 28.1. The smallest absolute Gasteiger partial charge is 0.413 e. The molecule has 1 fully saturated rings. The Kier molecular flexibility index (Phi) is 14.1. The zero-order valence-electron chi connectivity index (χ0n) is 35.1. The lowest BCUT2D eigenvalue weighted by atomic mass is 9.64. The van der Waals surface area contributed by atoms with Gasteiger partial charge in [0.2, 0.25) is 11.5 Å². The molecule has 3 amide bonds. The Morgan fingerprint density at radius 2 is 1.53 bits per heavy atom. The second-order valence-electron chi connectivity index (χ2n) is 16.9. The van der Waals surface area contributed by atoms with Crippen LogP contribution in [-0.4, -0.2) is 80.7 Å². The number of amides is 3. The highest BCUT2D eigenvalue weighted by molar-refractivity contribution is 7.20. The number of rotatable bonds is 14. The highest BCUT2D eigenvalue weighted by atomic mass is 35.5. The number of ether oxygens (including phenoxy) is 3. The molecule has 322 valence electrons. The molecule has 3 heterocycles. The molecule has 5 rings (SSSR count). The van der Waals surface area contributed by atoms with Gasteiger partial charge in [0.25, 0.3) is 5.91 Å². The van der Waals surface area contributed by atoms with Gasteiger partial charge in [0.15, 0.2) is 16.9 Å². The van der Waals surface area contributed by atoms with Crippen molar-refractivity contribution < 1.29 is 43.0 Å². The number of esters is 2. The van der Waals surface area contributed by atoms with Gasteiger partial charge in [-0.1, -0.05) is 95.7 Å². The first-order valence-corrected chi connectivity index (χ1v) is 21.2. The summed E-state index contributed by atoms with van der Waals surface area (Å²) < 4.78 is 17.0. The fourth-order valence-electron chi connectivity index (χ4n) is 6.80. The van der Waals surface area contributed by atoms with E-state index in [0.29, 0.717) is 24.8 Å². The monoisotopic (exact) mass is 883 g/mol. The molecule has 60 heavy (non-hydrogen) atoms. The van der Waals surface area contributed by atoms with Crippen LogP contribution in [0.3, 0.4) is 0 Å². The van der Waals surface area contributed by atoms with Gasteiger partial charge in [0.1, 0.15) is 26.9 Å². The molecule has 0 unspecified atom stereocenters. The number of allylic oxidation sites excluding steroid dienone is 1. The Morgan fingerprint density at radius 1 is 0.950 bits per heavy atom. The Balaban J connectivity index is 1.41. The van der Waals surface area contributed by atoms with E-state index < -0.39 is 69.9 Å². The minimum absolute atomic E-state index is 0.00346. The predicted molar refractivity (Wildman–Crippen MR) is 229 cm³/mol. The van der Waals surface area contributed by atoms with Gasteiger partial charge in [-0.15, -0.1) is 11.6 Å². The number of thiazole rings is 1. The number of fused-ring (bicyclic) bond motifs is 1. The summed E-state index contributed by atoms with van der Waals surface area (Å²) in [6, 6.07) is 18.1. The molecule has 2 aromatic carbocycles. The SMILES string of the molecule is CC[C@]1(CNC(=O)/C(=N\OC(C)(C)C(=O)OC(C)(C)C)c2nc(NC(=O)OC(C)(C)C)sc2Cl)C(=O)N2C(C(=O)OC(c3ccccc3)c3ccccc3)=C(CCl)CC[C@@H]21. The molecule has 3 aromatic rings. The van der Waals surface area contributed by atoms with E-state index in [9.17, 15) is 24.0 Å². The van der Waals surface area contributed by atoms with Crippen molar-refractivity contribution in [3.05, 3.63) is 93.1 Å². The van der Waals surface area contributed by atoms with E-state index in [4.69, 9.17) is 42.3 Å². The fourth-order valence-corrected chi connectivity index (χ4v) is 8.09. The van der Waals surface area contributed by atoms with Crippen LogP contribution >= 0.6 is 34.5 Å². The Labute approximate surface area is 363 Å². The van der Waals surface area contributed by atoms with Gasteiger partial charge in [-0.2, -0.15) is 0 Å². The predicted octanol–water partition coefficient (Wildman–Crippen LogP) is 8.33. The molecule has 14 nitrogen and oxygen atoms in total. The first-order valence-electron chi connectivity index (χ1n) is 19.5. The third-order valence-electron chi connectivity index (χ3n) is 9.76. The van der Waals surface area contributed by atoms with Gasteiger partial charge in [-0.3, -0.25) is 14.9 Å². The van der Waals surface area contributed by atoms with Crippen molar-refractivity contribution in [2.24, 2.45) is 10.6 Å². The molecular formula is C43H51Cl2N5O9S. The van der Waals surface area contributed by atoms with E-state index in [1.165, 1.54) is 18.7 Å². The average molecular weight is 885 g/mol. The second kappa shape index (κ2) is 18.3. The summed E-state index contributed by atoms with van der Waals surface area (Å²) in [4.78, 5) is 79.8. The zero-order valence-corrected chi connectivity index (χ0v) is 37.5. The fraction of sp³-hybridized carbons (Fsp3) is 0.465. The summed E-state index contributed by atoms with van der Waals surface area (Å²) in [5.74, 6) is -2.67. The van der Waals surface area contributed by atoms with Gasteiger partial charge in [-0.05, 0) is 91.4 Å². The number of oxime groups is 1. The van der Waals surface area contributed by atoms with E-state index in [2.05, 4.69) is 20.8 Å². The summed E-state index contributed by atoms with van der Waals surface area (Å²) in [5.41, 5.74) is -2.89. The maximum atomic E-state index is 14.4. The zero-order chi connectivity index (χ0) is 44.2. The van der Waals surface area contributed by atoms with Crippen molar-refractivity contribution in [2.75, 3.05) is 17.7 Å². The molecule has 0 spiro atoms. The number of hydrogen-bond donors (Lipinski definition) is 2. The molecule has 0 aliphatic carbocycles. The maximum Gasteiger partial charge on any atom is 0.413 e. The number of β-lactam (4-membered cyclic amide) rings is 1. The molecule has 2 atom stereocenters. The standard InChI is InChI=1S/C43H51Cl2N5O9S/c1-10-43(28-22-21-27(23-44)31(50(28)36(43)53)35(52)56-32(25-17-13-11-14-18-25)26-19-15-12-16-20-26)24-46-34(51)30(49-59-42(8,9)37(54)57-40(2,3)4)29-33(45)60-38(47-29)48-39(55)58-41(5,6)7/h11-20,28,32H,10,21-24H2,1-9H3,(H,46,51)(H,47,48,55)/b49-30-/t28-,43-/m1/s1. The van der Waals surface area contributed by atoms with Crippen molar-refractivity contribution in [1.82, 2.24) is 15.2 Å². The number of alkyl halides is 1. The topological polar surface area (TPSA) is 175 Å². The molecule has 17 heteroatoms. The third kappa shape index (κ3) is 10.5. The van der Waals surface area contributed by atoms with E-state index in [1.54, 1.807) is 41.5 Å². The van der Waals surface area contributed by atoms with Gasteiger partial charge in [0, 0.05) is 12.4 Å². The number of aromatic nitrogens is 1. The van der Waals surface area contributed by atoms with Gasteiger partial charge >= 0.3 is 18.0 Å². The molecule has 2 aliphatic rings. The van der Waals surface area contributed by atoms with Crippen LogP contribution in [-0.2, 0) is 38.2 Å². The summed E-state index contributed by atoms with van der Waals surface area (Å²) in [5, 5.41) is 9.39. The van der Waals surface area contributed by atoms with Crippen molar-refractivity contribution in [3.63, 3.8) is 0 Å². The minimum Gasteiger partial charge on any atom is -0.457 e. The Morgan fingerprint density at radius 3 is 2.07 bits per heavy atom. The van der Waals surface area contributed by atoms with E-state index in [1.807, 2.05) is 67.6 Å². The highest BCUT2D eigenvalue weighted by Crippen LogP contribution is 2.50. The normalized spacial score (nSPS) is 18.3. The van der Waals surface area contributed by atoms with Crippen molar-refractivity contribution in [3.8, 4) is 0 Å². The number of nitrogens with one attached hydrogen (secondary N) is 2. The molecule has 1 saturated heterocycles. The molecular weight excluding hydrogens is 833 g/mol. The van der Waals surface area contributed by atoms with Crippen LogP contribution in [0.25, 0.3) is 0 Å². The number of carbonyl (C=O) groups excluding carboxylic acids is 5. The molecule has 0 bridgehead atoms. The summed E-state index contributed by atoms with van der Waals surface area (Å²) in [6.45, 7) is 14.7. The summed E-state index contributed by atoms with van der Waals surface area (Å²) >= 11 is 13.8. The van der Waals surface area contributed by atoms with Gasteiger partial charge < -0.3 is 29.3 Å². The number of carbonyl (C=O) groups is 5. The van der Waals surface area contributed by atoms with Crippen molar-refractivity contribution in [2.45, 2.75) is 111 Å². The lowest BCUT2D eigenvalue weighted by molar-refractivity contribution is -0.179. The molecule has 0 saturated carbocycles. The first kappa shape index (κ1) is 46.1. The number of nitrogens with zero attached hydrogens (tertiary/aromatic N) is 3. The van der Waals surface area contributed by atoms with Crippen LogP contribution < -0.4 is 10.6 Å². The van der Waals surface area contributed by atoms with Crippen molar-refractivity contribution in [1.29, 1.82) is 0 Å².